The normalized spacial score (nSPS) is 13.4. The number of benzene rings is 1. The molecule has 2 rings (SSSR count). The molecule has 6 heteroatoms. The molecule has 0 radical (unpaired) electrons. The molecule has 0 atom stereocenters. The highest BCUT2D eigenvalue weighted by Gasteiger charge is 2.33. The Kier molecular flexibility index (Phi) is 5.25. The Labute approximate surface area is 129 Å². The zero-order chi connectivity index (χ0) is 16.1. The van der Waals surface area contributed by atoms with Gasteiger partial charge < -0.3 is 19.1 Å². The number of ether oxygens (including phenoxy) is 3. The van der Waals surface area contributed by atoms with Crippen LogP contribution in [0.3, 0.4) is 0 Å². The molecule has 0 unspecified atom stereocenters. The molecular weight excluding hydrogens is 286 g/mol. The van der Waals surface area contributed by atoms with E-state index in [1.807, 2.05) is 0 Å². The van der Waals surface area contributed by atoms with Gasteiger partial charge in [0.2, 0.25) is 0 Å². The Morgan fingerprint density at radius 1 is 1.09 bits per heavy atom. The summed E-state index contributed by atoms with van der Waals surface area (Å²) >= 11 is 0. The second-order valence-corrected chi connectivity index (χ2v) is 5.16. The first-order valence-corrected chi connectivity index (χ1v) is 7.20. The van der Waals surface area contributed by atoms with Crippen molar-refractivity contribution in [1.82, 2.24) is 4.90 Å². The molecule has 6 nitrogen and oxygen atoms in total. The number of amides is 1. The molecule has 1 aromatic rings. The maximum Gasteiger partial charge on any atom is 0.307 e. The molecule has 0 saturated heterocycles. The maximum atomic E-state index is 12.7. The average Bonchev–Trinajstić information content (AvgIpc) is 3.38. The van der Waals surface area contributed by atoms with Gasteiger partial charge in [-0.2, -0.15) is 0 Å². The van der Waals surface area contributed by atoms with Crippen molar-refractivity contribution in [2.24, 2.45) is 0 Å². The van der Waals surface area contributed by atoms with Crippen molar-refractivity contribution in [2.45, 2.75) is 25.3 Å². The van der Waals surface area contributed by atoms with Gasteiger partial charge in [-0.1, -0.05) is 0 Å². The molecule has 1 aromatic carbocycles. The lowest BCUT2D eigenvalue weighted by Gasteiger charge is -2.22. The smallest absolute Gasteiger partial charge is 0.307 e. The zero-order valence-electron chi connectivity index (χ0n) is 13.1. The molecule has 0 N–H and O–H groups in total. The molecule has 1 aliphatic carbocycles. The standard InChI is InChI=1S/C16H21NO5/c1-20-13-8-11(9-14(10-13)21-2)16(19)17(12-4-5-12)7-6-15(18)22-3/h8-10,12H,4-7H2,1-3H3. The highest BCUT2D eigenvalue weighted by molar-refractivity contribution is 5.95. The number of hydrogen-bond donors (Lipinski definition) is 0. The van der Waals surface area contributed by atoms with E-state index >= 15 is 0 Å². The molecule has 22 heavy (non-hydrogen) atoms. The van der Waals surface area contributed by atoms with Gasteiger partial charge >= 0.3 is 5.97 Å². The summed E-state index contributed by atoms with van der Waals surface area (Å²) in [5, 5.41) is 0. The summed E-state index contributed by atoms with van der Waals surface area (Å²) in [5.74, 6) is 0.683. The van der Waals surface area contributed by atoms with Crippen molar-refractivity contribution in [3.63, 3.8) is 0 Å². The summed E-state index contributed by atoms with van der Waals surface area (Å²) in [7, 11) is 4.43. The lowest BCUT2D eigenvalue weighted by molar-refractivity contribution is -0.140. The van der Waals surface area contributed by atoms with E-state index in [0.29, 0.717) is 23.6 Å². The molecule has 0 aliphatic heterocycles. The average molecular weight is 307 g/mol. The minimum Gasteiger partial charge on any atom is -0.497 e. The highest BCUT2D eigenvalue weighted by Crippen LogP contribution is 2.30. The van der Waals surface area contributed by atoms with Crippen LogP contribution in [0.15, 0.2) is 18.2 Å². The Morgan fingerprint density at radius 2 is 1.68 bits per heavy atom. The van der Waals surface area contributed by atoms with Crippen LogP contribution in [-0.4, -0.2) is 50.7 Å². The molecule has 0 aromatic heterocycles. The first-order valence-electron chi connectivity index (χ1n) is 7.20. The number of carbonyl (C=O) groups is 2. The Hall–Kier alpha value is -2.24. The fraction of sp³-hybridized carbons (Fsp3) is 0.500. The lowest BCUT2D eigenvalue weighted by atomic mass is 10.1. The van der Waals surface area contributed by atoms with E-state index in [4.69, 9.17) is 9.47 Å². The predicted octanol–water partition coefficient (Wildman–Crippen LogP) is 1.87. The van der Waals surface area contributed by atoms with Crippen molar-refractivity contribution in [3.05, 3.63) is 23.8 Å². The van der Waals surface area contributed by atoms with Gasteiger partial charge in [-0.25, -0.2) is 0 Å². The highest BCUT2D eigenvalue weighted by atomic mass is 16.5. The number of esters is 1. The van der Waals surface area contributed by atoms with Crippen LogP contribution in [0.25, 0.3) is 0 Å². The van der Waals surface area contributed by atoms with Crippen LogP contribution in [-0.2, 0) is 9.53 Å². The van der Waals surface area contributed by atoms with Gasteiger partial charge in [0.05, 0.1) is 27.8 Å². The van der Waals surface area contributed by atoms with Crippen LogP contribution in [0, 0.1) is 0 Å². The SMILES string of the molecule is COC(=O)CCN(C(=O)c1cc(OC)cc(OC)c1)C1CC1. The van der Waals surface area contributed by atoms with E-state index in [2.05, 4.69) is 4.74 Å². The minimum atomic E-state index is -0.318. The predicted molar refractivity (Wildman–Crippen MR) is 80.2 cm³/mol. The van der Waals surface area contributed by atoms with Crippen LogP contribution in [0.1, 0.15) is 29.6 Å². The van der Waals surface area contributed by atoms with Gasteiger partial charge in [-0.15, -0.1) is 0 Å². The monoisotopic (exact) mass is 307 g/mol. The first-order chi connectivity index (χ1) is 10.6. The molecule has 120 valence electrons. The third-order valence-electron chi connectivity index (χ3n) is 3.63. The maximum absolute atomic E-state index is 12.7. The van der Waals surface area contributed by atoms with Gasteiger partial charge in [-0.3, -0.25) is 9.59 Å². The zero-order valence-corrected chi connectivity index (χ0v) is 13.1. The Morgan fingerprint density at radius 3 is 2.14 bits per heavy atom. The van der Waals surface area contributed by atoms with Crippen LogP contribution in [0.5, 0.6) is 11.5 Å². The lowest BCUT2D eigenvalue weighted by Crippen LogP contribution is -2.35. The Bertz CT molecular complexity index is 531. The molecule has 0 heterocycles. The van der Waals surface area contributed by atoms with E-state index < -0.39 is 0 Å². The third-order valence-corrected chi connectivity index (χ3v) is 3.63. The minimum absolute atomic E-state index is 0.122. The van der Waals surface area contributed by atoms with Crippen molar-refractivity contribution >= 4 is 11.9 Å². The van der Waals surface area contributed by atoms with Crippen LogP contribution in [0.4, 0.5) is 0 Å². The van der Waals surface area contributed by atoms with Gasteiger partial charge in [0.15, 0.2) is 0 Å². The van der Waals surface area contributed by atoms with Crippen molar-refractivity contribution in [1.29, 1.82) is 0 Å². The summed E-state index contributed by atoms with van der Waals surface area (Å²) in [6.07, 6.45) is 2.13. The molecule has 1 saturated carbocycles. The second kappa shape index (κ2) is 7.15. The van der Waals surface area contributed by atoms with Gasteiger partial charge in [0.1, 0.15) is 11.5 Å². The third kappa shape index (κ3) is 3.90. The summed E-state index contributed by atoms with van der Waals surface area (Å²) in [6.45, 7) is 0.357. The van der Waals surface area contributed by atoms with Gasteiger partial charge in [0, 0.05) is 24.2 Å². The first kappa shape index (κ1) is 16.1. The molecule has 0 spiro atoms. The van der Waals surface area contributed by atoms with Crippen LogP contribution >= 0.6 is 0 Å². The van der Waals surface area contributed by atoms with Crippen molar-refractivity contribution < 1.29 is 23.8 Å². The number of nitrogens with zero attached hydrogens (tertiary/aromatic N) is 1. The molecular formula is C16H21NO5. The second-order valence-electron chi connectivity index (χ2n) is 5.16. The molecule has 0 bridgehead atoms. The number of methoxy groups -OCH3 is 3. The molecule has 1 fully saturated rings. The van der Waals surface area contributed by atoms with Crippen molar-refractivity contribution in [3.8, 4) is 11.5 Å². The largest absolute Gasteiger partial charge is 0.497 e. The summed E-state index contributed by atoms with van der Waals surface area (Å²) in [5.41, 5.74) is 0.493. The fourth-order valence-electron chi connectivity index (χ4n) is 2.25. The van der Waals surface area contributed by atoms with E-state index in [0.717, 1.165) is 12.8 Å². The van der Waals surface area contributed by atoms with Crippen LogP contribution < -0.4 is 9.47 Å². The number of carbonyl (C=O) groups excluding carboxylic acids is 2. The van der Waals surface area contributed by atoms with Crippen molar-refractivity contribution in [2.75, 3.05) is 27.9 Å². The van der Waals surface area contributed by atoms with E-state index in [-0.39, 0.29) is 24.3 Å². The van der Waals surface area contributed by atoms with E-state index in [9.17, 15) is 9.59 Å². The van der Waals surface area contributed by atoms with Gasteiger partial charge in [0.25, 0.3) is 5.91 Å². The molecule has 1 aliphatic rings. The molecule has 1 amide bonds. The van der Waals surface area contributed by atoms with E-state index in [1.54, 1.807) is 37.3 Å². The van der Waals surface area contributed by atoms with E-state index in [1.165, 1.54) is 7.11 Å². The number of hydrogen-bond acceptors (Lipinski definition) is 5. The Balaban J connectivity index is 2.17. The fourth-order valence-corrected chi connectivity index (χ4v) is 2.25. The summed E-state index contributed by atoms with van der Waals surface area (Å²) in [6, 6.07) is 5.28. The van der Waals surface area contributed by atoms with Crippen LogP contribution in [0.2, 0.25) is 0 Å². The van der Waals surface area contributed by atoms with Gasteiger partial charge in [-0.05, 0) is 25.0 Å². The number of rotatable bonds is 7. The topological polar surface area (TPSA) is 65.1 Å². The summed E-state index contributed by atoms with van der Waals surface area (Å²) < 4.78 is 15.0. The summed E-state index contributed by atoms with van der Waals surface area (Å²) in [4.78, 5) is 25.8. The quantitative estimate of drug-likeness (QED) is 0.720.